The molecule has 1 aliphatic rings. The number of aromatic hydroxyl groups is 1. The van der Waals surface area contributed by atoms with Crippen LogP contribution in [0, 0.1) is 0 Å². The fourth-order valence-corrected chi connectivity index (χ4v) is 4.65. The zero-order valence-corrected chi connectivity index (χ0v) is 19.3. The highest BCUT2D eigenvalue weighted by Crippen LogP contribution is 2.33. The number of carbonyl (C=O) groups is 2. The Morgan fingerprint density at radius 2 is 2.06 bits per heavy atom. The Hall–Kier alpha value is -4.18. The highest BCUT2D eigenvalue weighted by Gasteiger charge is 2.28. The number of rotatable bonds is 6. The van der Waals surface area contributed by atoms with Gasteiger partial charge in [0.05, 0.1) is 35.9 Å². The normalized spacial score (nSPS) is 14.2. The number of hydrogen-bond donors (Lipinski definition) is 5. The Labute approximate surface area is 201 Å². The molecule has 0 saturated heterocycles. The van der Waals surface area contributed by atoms with E-state index in [9.17, 15) is 14.7 Å². The molecule has 1 aliphatic heterocycles. The molecule has 2 amide bonds. The molecular formula is C25H27N7O3. The van der Waals surface area contributed by atoms with Crippen LogP contribution in [0.1, 0.15) is 30.3 Å². The Morgan fingerprint density at radius 1 is 1.23 bits per heavy atom. The number of nitrogens with one attached hydrogen (secondary N) is 2. The van der Waals surface area contributed by atoms with Gasteiger partial charge in [0.1, 0.15) is 11.4 Å². The van der Waals surface area contributed by atoms with E-state index in [1.807, 2.05) is 24.3 Å². The molecular weight excluding hydrogens is 446 g/mol. The van der Waals surface area contributed by atoms with E-state index < -0.39 is 11.9 Å². The largest absolute Gasteiger partial charge is 0.508 e. The van der Waals surface area contributed by atoms with Gasteiger partial charge in [-0.2, -0.15) is 5.10 Å². The van der Waals surface area contributed by atoms with Crippen molar-refractivity contribution in [3.05, 3.63) is 53.3 Å². The maximum absolute atomic E-state index is 12.6. The predicted octanol–water partition coefficient (Wildman–Crippen LogP) is 1.98. The molecule has 0 radical (unpaired) electrons. The first kappa shape index (κ1) is 22.6. The van der Waals surface area contributed by atoms with Crippen molar-refractivity contribution in [2.75, 3.05) is 6.54 Å². The van der Waals surface area contributed by atoms with Crippen LogP contribution in [-0.2, 0) is 29.0 Å². The summed E-state index contributed by atoms with van der Waals surface area (Å²) in [7, 11) is 0. The fourth-order valence-electron chi connectivity index (χ4n) is 4.65. The maximum atomic E-state index is 12.6. The number of fused-ring (bicyclic) bond motifs is 2. The van der Waals surface area contributed by atoms with Gasteiger partial charge in [-0.15, -0.1) is 0 Å². The quantitative estimate of drug-likeness (QED) is 0.287. The maximum Gasteiger partial charge on any atom is 0.240 e. The molecule has 1 atom stereocenters. The first-order chi connectivity index (χ1) is 16.8. The number of phenols is 1. The first-order valence-electron chi connectivity index (χ1n) is 11.5. The summed E-state index contributed by atoms with van der Waals surface area (Å²) in [5.74, 6) is -0.0164. The highest BCUT2D eigenvalue weighted by atomic mass is 16.3. The van der Waals surface area contributed by atoms with Crippen molar-refractivity contribution >= 4 is 22.7 Å². The zero-order chi connectivity index (χ0) is 24.7. The van der Waals surface area contributed by atoms with Gasteiger partial charge in [0.2, 0.25) is 11.8 Å². The number of nitrogens with two attached hydrogens (primary N) is 2. The first-order valence-corrected chi connectivity index (χ1v) is 11.5. The number of hydrogen-bond acceptors (Lipinski definition) is 6. The summed E-state index contributed by atoms with van der Waals surface area (Å²) < 4.78 is 0. The molecule has 3 heterocycles. The Bertz CT molecular complexity index is 1440. The molecule has 0 fully saturated rings. The summed E-state index contributed by atoms with van der Waals surface area (Å²) in [4.78, 5) is 33.4. The van der Waals surface area contributed by atoms with Gasteiger partial charge in [-0.1, -0.05) is 19.1 Å². The molecule has 2 aromatic heterocycles. The molecule has 0 bridgehead atoms. The van der Waals surface area contributed by atoms with Crippen molar-refractivity contribution < 1.29 is 14.7 Å². The van der Waals surface area contributed by atoms with E-state index >= 15 is 0 Å². The summed E-state index contributed by atoms with van der Waals surface area (Å²) in [5.41, 5.74) is 17.5. The molecule has 0 unspecified atom stereocenters. The van der Waals surface area contributed by atoms with E-state index in [2.05, 4.69) is 22.1 Å². The van der Waals surface area contributed by atoms with Gasteiger partial charge >= 0.3 is 0 Å². The number of aromatic nitrogens is 4. The van der Waals surface area contributed by atoms with Crippen molar-refractivity contribution in [1.82, 2.24) is 25.1 Å². The van der Waals surface area contributed by atoms with E-state index in [0.717, 1.165) is 45.4 Å². The zero-order valence-electron chi connectivity index (χ0n) is 19.3. The number of nitrogens with zero attached hydrogens (tertiary/aromatic N) is 3. The van der Waals surface area contributed by atoms with Gasteiger partial charge in [0.15, 0.2) is 5.82 Å². The van der Waals surface area contributed by atoms with Crippen LogP contribution in [0.3, 0.4) is 0 Å². The molecule has 10 nitrogen and oxygen atoms in total. The molecule has 2 aromatic carbocycles. The van der Waals surface area contributed by atoms with E-state index in [4.69, 9.17) is 16.5 Å². The number of H-pyrrole nitrogens is 2. The lowest BCUT2D eigenvalue weighted by atomic mass is 9.97. The van der Waals surface area contributed by atoms with Crippen molar-refractivity contribution in [2.24, 2.45) is 11.5 Å². The standard InChI is InChI=1S/C25H27N7O3/c1-2-13-9-15(33)4-6-16(13)14-3-5-17-20(10-14)30-31-23(17)24-28-19-7-8-32(12-21(19)29-24)25(35)18(26)11-22(27)34/h3-6,9-10,18,33H,2,7-8,11-12,26H2,1H3,(H2,27,34)(H,28,29)(H,30,31)/t18-/m0/s1. The SMILES string of the molecule is CCc1cc(O)ccc1-c1ccc2c(-c3nc4c([nH]3)CN(C(=O)[C@@H](N)CC(N)=O)CC4)n[nH]c2c1. The van der Waals surface area contributed by atoms with Crippen LogP contribution in [0.15, 0.2) is 36.4 Å². The average molecular weight is 474 g/mol. The van der Waals surface area contributed by atoms with E-state index in [0.29, 0.717) is 31.0 Å². The van der Waals surface area contributed by atoms with E-state index in [1.165, 1.54) is 0 Å². The summed E-state index contributed by atoms with van der Waals surface area (Å²) in [5, 5.41) is 18.4. The Kier molecular flexibility index (Phi) is 5.73. The predicted molar refractivity (Wildman–Crippen MR) is 131 cm³/mol. The molecule has 10 heteroatoms. The number of primary amides is 1. The smallest absolute Gasteiger partial charge is 0.240 e. The second-order valence-corrected chi connectivity index (χ2v) is 8.82. The molecule has 0 aliphatic carbocycles. The molecule has 35 heavy (non-hydrogen) atoms. The van der Waals surface area contributed by atoms with Gasteiger partial charge in [0, 0.05) is 18.4 Å². The minimum atomic E-state index is -0.942. The molecule has 4 aromatic rings. The van der Waals surface area contributed by atoms with Crippen molar-refractivity contribution in [1.29, 1.82) is 0 Å². The molecule has 0 spiro atoms. The third-order valence-corrected chi connectivity index (χ3v) is 6.45. The summed E-state index contributed by atoms with van der Waals surface area (Å²) in [6.07, 6.45) is 1.20. The lowest BCUT2D eigenvalue weighted by Gasteiger charge is -2.28. The number of amides is 2. The Morgan fingerprint density at radius 3 is 2.83 bits per heavy atom. The number of carbonyl (C=O) groups excluding carboxylic acids is 2. The van der Waals surface area contributed by atoms with Crippen LogP contribution in [-0.4, -0.2) is 54.6 Å². The van der Waals surface area contributed by atoms with Gasteiger partial charge in [-0.05, 0) is 47.4 Å². The van der Waals surface area contributed by atoms with Gasteiger partial charge in [-0.25, -0.2) is 4.98 Å². The van der Waals surface area contributed by atoms with Crippen LogP contribution in [0.5, 0.6) is 5.75 Å². The van der Waals surface area contributed by atoms with Gasteiger partial charge < -0.3 is 26.5 Å². The second kappa shape index (κ2) is 8.88. The van der Waals surface area contributed by atoms with Crippen LogP contribution >= 0.6 is 0 Å². The minimum Gasteiger partial charge on any atom is -0.508 e. The fraction of sp³-hybridized carbons (Fsp3) is 0.280. The van der Waals surface area contributed by atoms with Crippen LogP contribution < -0.4 is 11.5 Å². The van der Waals surface area contributed by atoms with Crippen LogP contribution in [0.2, 0.25) is 0 Å². The summed E-state index contributed by atoms with van der Waals surface area (Å²) >= 11 is 0. The third kappa shape index (κ3) is 4.24. The van der Waals surface area contributed by atoms with Crippen molar-refractivity contribution in [3.63, 3.8) is 0 Å². The number of aryl methyl sites for hydroxylation is 1. The van der Waals surface area contributed by atoms with Crippen molar-refractivity contribution in [3.8, 4) is 28.4 Å². The van der Waals surface area contributed by atoms with Gasteiger partial charge in [-0.3, -0.25) is 14.7 Å². The molecule has 180 valence electrons. The number of aromatic amines is 2. The molecule has 5 rings (SSSR count). The summed E-state index contributed by atoms with van der Waals surface area (Å²) in [6, 6.07) is 10.6. The average Bonchev–Trinajstić information content (AvgIpc) is 3.45. The monoisotopic (exact) mass is 473 g/mol. The van der Waals surface area contributed by atoms with Gasteiger partial charge in [0.25, 0.3) is 0 Å². The lowest BCUT2D eigenvalue weighted by Crippen LogP contribution is -2.47. The number of benzene rings is 2. The van der Waals surface area contributed by atoms with Crippen molar-refractivity contribution in [2.45, 2.75) is 38.8 Å². The number of imidazole rings is 1. The topological polar surface area (TPSA) is 167 Å². The number of phenolic OH excluding ortho intramolecular Hbond substituents is 1. The third-order valence-electron chi connectivity index (χ3n) is 6.45. The molecule has 0 saturated carbocycles. The van der Waals surface area contributed by atoms with E-state index in [-0.39, 0.29) is 18.1 Å². The minimum absolute atomic E-state index is 0.179. The summed E-state index contributed by atoms with van der Waals surface area (Å²) in [6.45, 7) is 2.87. The van der Waals surface area contributed by atoms with E-state index in [1.54, 1.807) is 17.0 Å². The van der Waals surface area contributed by atoms with Crippen LogP contribution in [0.25, 0.3) is 33.5 Å². The Balaban J connectivity index is 1.41. The molecule has 7 N–H and O–H groups in total. The lowest BCUT2D eigenvalue weighted by molar-refractivity contribution is -0.135. The van der Waals surface area contributed by atoms with Crippen LogP contribution in [0.4, 0.5) is 0 Å². The second-order valence-electron chi connectivity index (χ2n) is 8.82. The highest BCUT2D eigenvalue weighted by molar-refractivity contribution is 5.94.